The Kier molecular flexibility index (Phi) is 6.97. The average molecular weight is 435 g/mol. The first-order valence-electron chi connectivity index (χ1n) is 9.87. The molecule has 0 fully saturated rings. The van der Waals surface area contributed by atoms with Gasteiger partial charge in [0.25, 0.3) is 17.7 Å². The van der Waals surface area contributed by atoms with Gasteiger partial charge >= 0.3 is 5.97 Å². The normalized spacial score (nSPS) is 13.3. The fourth-order valence-electron chi connectivity index (χ4n) is 3.19. The third-order valence-electron chi connectivity index (χ3n) is 4.90. The number of rotatable bonds is 8. The van der Waals surface area contributed by atoms with Crippen molar-refractivity contribution in [3.8, 4) is 6.07 Å². The minimum absolute atomic E-state index is 0.0423. The van der Waals surface area contributed by atoms with Crippen molar-refractivity contribution in [2.75, 3.05) is 25.6 Å². The van der Waals surface area contributed by atoms with Crippen LogP contribution < -0.4 is 5.32 Å². The Bertz CT molecular complexity index is 1120. The highest BCUT2D eigenvalue weighted by Gasteiger charge is 2.36. The molecule has 0 bridgehead atoms. The second kappa shape index (κ2) is 9.85. The predicted octanol–water partition coefficient (Wildman–Crippen LogP) is 2.37. The first-order chi connectivity index (χ1) is 15.4. The highest BCUT2D eigenvalue weighted by molar-refractivity contribution is 6.22. The Morgan fingerprint density at radius 1 is 1.12 bits per heavy atom. The lowest BCUT2D eigenvalue weighted by atomic mass is 10.1. The number of imide groups is 1. The molecule has 32 heavy (non-hydrogen) atoms. The van der Waals surface area contributed by atoms with Crippen LogP contribution in [0.1, 0.15) is 50.0 Å². The highest BCUT2D eigenvalue weighted by Crippen LogP contribution is 2.25. The van der Waals surface area contributed by atoms with Gasteiger partial charge in [-0.25, -0.2) is 4.79 Å². The summed E-state index contributed by atoms with van der Waals surface area (Å²) in [5.74, 6) is -2.35. The average Bonchev–Trinajstić information content (AvgIpc) is 3.03. The summed E-state index contributed by atoms with van der Waals surface area (Å²) < 4.78 is 10.2. The molecule has 2 aromatic carbocycles. The molecule has 1 atom stereocenters. The monoisotopic (exact) mass is 435 g/mol. The molecule has 1 unspecified atom stereocenters. The molecule has 0 radical (unpaired) electrons. The zero-order valence-electron chi connectivity index (χ0n) is 17.6. The van der Waals surface area contributed by atoms with Crippen molar-refractivity contribution in [3.63, 3.8) is 0 Å². The van der Waals surface area contributed by atoms with Crippen LogP contribution in [-0.4, -0.2) is 55.0 Å². The van der Waals surface area contributed by atoms with Crippen molar-refractivity contribution in [1.29, 1.82) is 5.26 Å². The lowest BCUT2D eigenvalue weighted by molar-refractivity contribution is -0.123. The van der Waals surface area contributed by atoms with Crippen molar-refractivity contribution >= 4 is 29.4 Å². The van der Waals surface area contributed by atoms with Crippen LogP contribution in [0.25, 0.3) is 0 Å². The van der Waals surface area contributed by atoms with Crippen molar-refractivity contribution in [1.82, 2.24) is 4.90 Å². The number of nitriles is 1. The third-order valence-corrected chi connectivity index (χ3v) is 4.90. The molecule has 0 spiro atoms. The van der Waals surface area contributed by atoms with E-state index in [4.69, 9.17) is 14.7 Å². The van der Waals surface area contributed by atoms with Gasteiger partial charge in [0.2, 0.25) is 0 Å². The van der Waals surface area contributed by atoms with E-state index in [1.54, 1.807) is 24.3 Å². The first kappa shape index (κ1) is 22.7. The van der Waals surface area contributed by atoms with Gasteiger partial charge in [0.1, 0.15) is 6.07 Å². The quantitative estimate of drug-likeness (QED) is 0.383. The molecule has 164 valence electrons. The van der Waals surface area contributed by atoms with Gasteiger partial charge in [-0.3, -0.25) is 19.3 Å². The number of methoxy groups -OCH3 is 1. The van der Waals surface area contributed by atoms with Crippen LogP contribution in [0.15, 0.2) is 42.5 Å². The van der Waals surface area contributed by atoms with E-state index in [0.717, 1.165) is 4.90 Å². The maximum absolute atomic E-state index is 12.6. The largest absolute Gasteiger partial charge is 0.449 e. The van der Waals surface area contributed by atoms with Gasteiger partial charge in [-0.2, -0.15) is 5.26 Å². The highest BCUT2D eigenvalue weighted by atomic mass is 16.5. The maximum atomic E-state index is 12.6. The molecule has 9 heteroatoms. The number of carbonyl (C=O) groups is 4. The van der Waals surface area contributed by atoms with Gasteiger partial charge in [-0.05, 0) is 43.7 Å². The topological polar surface area (TPSA) is 126 Å². The summed E-state index contributed by atoms with van der Waals surface area (Å²) in [7, 11) is 1.53. The van der Waals surface area contributed by atoms with Gasteiger partial charge in [0, 0.05) is 20.3 Å². The minimum atomic E-state index is -1.16. The summed E-state index contributed by atoms with van der Waals surface area (Å²) in [4.78, 5) is 51.1. The van der Waals surface area contributed by atoms with Gasteiger partial charge in [-0.1, -0.05) is 12.1 Å². The number of para-hydroxylation sites is 1. The number of hydrogen-bond donors (Lipinski definition) is 1. The standard InChI is InChI=1S/C23H21N3O6/c1-14(20(27)25-19-7-4-3-6-16(19)13-24)32-23(30)15-8-9-17-18(12-15)22(29)26(21(17)28)10-5-11-31-2/h3-4,6-9,12,14H,5,10-11H2,1-2H3,(H,25,27). The van der Waals surface area contributed by atoms with Gasteiger partial charge < -0.3 is 14.8 Å². The summed E-state index contributed by atoms with van der Waals surface area (Å²) in [6, 6.07) is 12.5. The lowest BCUT2D eigenvalue weighted by Crippen LogP contribution is -2.31. The van der Waals surface area contributed by atoms with Crippen molar-refractivity contribution in [2.45, 2.75) is 19.4 Å². The van der Waals surface area contributed by atoms with Crippen molar-refractivity contribution in [3.05, 3.63) is 64.7 Å². The number of ether oxygens (including phenoxy) is 2. The van der Waals surface area contributed by atoms with E-state index in [1.165, 1.54) is 32.2 Å². The van der Waals surface area contributed by atoms with Crippen LogP contribution in [0.5, 0.6) is 0 Å². The fourth-order valence-corrected chi connectivity index (χ4v) is 3.19. The van der Waals surface area contributed by atoms with E-state index in [1.807, 2.05) is 6.07 Å². The van der Waals surface area contributed by atoms with Crippen LogP contribution in [0.4, 0.5) is 5.69 Å². The zero-order valence-corrected chi connectivity index (χ0v) is 17.6. The molecular weight excluding hydrogens is 414 g/mol. The molecule has 1 heterocycles. The van der Waals surface area contributed by atoms with E-state index in [2.05, 4.69) is 5.32 Å². The number of benzene rings is 2. The van der Waals surface area contributed by atoms with Crippen LogP contribution in [0, 0.1) is 11.3 Å². The lowest BCUT2D eigenvalue weighted by Gasteiger charge is -2.14. The fraction of sp³-hybridized carbons (Fsp3) is 0.261. The summed E-state index contributed by atoms with van der Waals surface area (Å²) >= 11 is 0. The van der Waals surface area contributed by atoms with Crippen LogP contribution in [-0.2, 0) is 14.3 Å². The van der Waals surface area contributed by atoms with Gasteiger partial charge in [0.05, 0.1) is 27.9 Å². The SMILES string of the molecule is COCCCN1C(=O)c2ccc(C(=O)OC(C)C(=O)Nc3ccccc3C#N)cc2C1=O. The number of anilines is 1. The van der Waals surface area contributed by atoms with Crippen LogP contribution in [0.3, 0.4) is 0 Å². The molecule has 1 aliphatic rings. The third kappa shape index (κ3) is 4.66. The number of amides is 3. The van der Waals surface area contributed by atoms with Crippen molar-refractivity contribution < 1.29 is 28.7 Å². The zero-order chi connectivity index (χ0) is 23.3. The molecule has 0 saturated carbocycles. The molecular formula is C23H21N3O6. The Hall–Kier alpha value is -4.03. The van der Waals surface area contributed by atoms with E-state index in [9.17, 15) is 19.2 Å². The summed E-state index contributed by atoms with van der Waals surface area (Å²) in [6.07, 6.45) is -0.663. The van der Waals surface area contributed by atoms with Gasteiger partial charge in [-0.15, -0.1) is 0 Å². The summed E-state index contributed by atoms with van der Waals surface area (Å²) in [6.45, 7) is 2.01. The number of esters is 1. The molecule has 0 aliphatic carbocycles. The predicted molar refractivity (Wildman–Crippen MR) is 113 cm³/mol. The van der Waals surface area contributed by atoms with E-state index in [0.29, 0.717) is 18.7 Å². The molecule has 9 nitrogen and oxygen atoms in total. The summed E-state index contributed by atoms with van der Waals surface area (Å²) in [5, 5.41) is 11.7. The minimum Gasteiger partial charge on any atom is -0.449 e. The Morgan fingerprint density at radius 2 is 1.84 bits per heavy atom. The second-order valence-corrected chi connectivity index (χ2v) is 7.06. The summed E-state index contributed by atoms with van der Waals surface area (Å²) in [5.41, 5.74) is 0.944. The van der Waals surface area contributed by atoms with Crippen LogP contribution in [0.2, 0.25) is 0 Å². The maximum Gasteiger partial charge on any atom is 0.338 e. The van der Waals surface area contributed by atoms with E-state index >= 15 is 0 Å². The Morgan fingerprint density at radius 3 is 2.56 bits per heavy atom. The van der Waals surface area contributed by atoms with Gasteiger partial charge in [0.15, 0.2) is 6.10 Å². The second-order valence-electron chi connectivity index (χ2n) is 7.06. The molecule has 1 N–H and O–H groups in total. The number of carbonyl (C=O) groups excluding carboxylic acids is 4. The number of fused-ring (bicyclic) bond motifs is 1. The number of hydrogen-bond acceptors (Lipinski definition) is 7. The number of nitrogens with one attached hydrogen (secondary N) is 1. The molecule has 3 rings (SSSR count). The molecule has 1 aliphatic heterocycles. The Labute approximate surface area is 184 Å². The smallest absolute Gasteiger partial charge is 0.338 e. The molecule has 0 saturated heterocycles. The Balaban J connectivity index is 1.68. The molecule has 2 aromatic rings. The molecule has 3 amide bonds. The van der Waals surface area contributed by atoms with E-state index in [-0.39, 0.29) is 28.8 Å². The molecule has 0 aromatic heterocycles. The van der Waals surface area contributed by atoms with E-state index < -0.39 is 29.8 Å². The number of nitrogens with zero attached hydrogens (tertiary/aromatic N) is 2. The van der Waals surface area contributed by atoms with Crippen molar-refractivity contribution in [2.24, 2.45) is 0 Å². The first-order valence-corrected chi connectivity index (χ1v) is 9.87. The van der Waals surface area contributed by atoms with Crippen LogP contribution >= 0.6 is 0 Å².